The van der Waals surface area contributed by atoms with Crippen molar-refractivity contribution in [1.82, 2.24) is 0 Å². The normalized spacial score (nSPS) is 14.7. The van der Waals surface area contributed by atoms with E-state index in [4.69, 9.17) is 27.9 Å². The van der Waals surface area contributed by atoms with Crippen LogP contribution < -0.4 is 20.3 Å². The lowest BCUT2D eigenvalue weighted by Gasteiger charge is -2.21. The van der Waals surface area contributed by atoms with Crippen LogP contribution in [0.3, 0.4) is 0 Å². The number of hydrogen-bond donors (Lipinski definition) is 2. The molecule has 1 heterocycles. The van der Waals surface area contributed by atoms with Crippen LogP contribution in [0.5, 0.6) is 5.75 Å². The second-order valence-corrected chi connectivity index (χ2v) is 7.28. The maximum atomic E-state index is 12.5. The Labute approximate surface area is 173 Å². The Morgan fingerprint density at radius 1 is 1.25 bits per heavy atom. The molecule has 0 radical (unpaired) electrons. The highest BCUT2D eigenvalue weighted by molar-refractivity contribution is 6.44. The van der Waals surface area contributed by atoms with E-state index in [-0.39, 0.29) is 11.8 Å². The fraction of sp³-hybridized carbons (Fsp3) is 0.300. The van der Waals surface area contributed by atoms with Gasteiger partial charge < -0.3 is 20.3 Å². The smallest absolute Gasteiger partial charge is 0.246 e. The molecule has 2 aromatic carbocycles. The maximum absolute atomic E-state index is 12.5. The van der Waals surface area contributed by atoms with Crippen LogP contribution in [0.2, 0.25) is 10.0 Å². The number of nitrogens with one attached hydrogen (secondary N) is 2. The van der Waals surface area contributed by atoms with Crippen LogP contribution >= 0.6 is 23.2 Å². The number of nitrogens with zero attached hydrogens (tertiary/aromatic N) is 1. The lowest BCUT2D eigenvalue weighted by Crippen LogP contribution is -2.32. The van der Waals surface area contributed by atoms with Crippen LogP contribution in [0, 0.1) is 0 Å². The Bertz CT molecular complexity index is 904. The van der Waals surface area contributed by atoms with Gasteiger partial charge in [-0.25, -0.2) is 0 Å². The van der Waals surface area contributed by atoms with E-state index in [0.29, 0.717) is 40.1 Å². The molecule has 3 rings (SSSR count). The van der Waals surface area contributed by atoms with Crippen molar-refractivity contribution < 1.29 is 14.3 Å². The first kappa shape index (κ1) is 20.3. The minimum Gasteiger partial charge on any atom is -0.494 e. The van der Waals surface area contributed by atoms with Gasteiger partial charge in [-0.1, -0.05) is 29.3 Å². The highest BCUT2D eigenvalue weighted by Crippen LogP contribution is 2.34. The topological polar surface area (TPSA) is 70.7 Å². The van der Waals surface area contributed by atoms with Crippen LogP contribution in [-0.2, 0) is 9.59 Å². The molecule has 1 fully saturated rings. The second kappa shape index (κ2) is 8.71. The van der Waals surface area contributed by atoms with Crippen molar-refractivity contribution >= 4 is 52.1 Å². The highest BCUT2D eigenvalue weighted by atomic mass is 35.5. The van der Waals surface area contributed by atoms with Gasteiger partial charge in [0.1, 0.15) is 11.8 Å². The number of amides is 2. The minimum absolute atomic E-state index is 0.0881. The predicted octanol–water partition coefficient (Wildman–Crippen LogP) is 4.57. The van der Waals surface area contributed by atoms with E-state index >= 15 is 0 Å². The summed E-state index contributed by atoms with van der Waals surface area (Å²) in [5, 5.41) is 6.56. The van der Waals surface area contributed by atoms with E-state index < -0.39 is 6.04 Å². The first-order valence-corrected chi connectivity index (χ1v) is 9.66. The van der Waals surface area contributed by atoms with Crippen molar-refractivity contribution in [3.05, 3.63) is 46.4 Å². The number of benzene rings is 2. The molecule has 0 aliphatic carbocycles. The Balaban J connectivity index is 1.71. The molecule has 0 spiro atoms. The van der Waals surface area contributed by atoms with Gasteiger partial charge in [0.05, 0.1) is 28.5 Å². The number of rotatable bonds is 6. The van der Waals surface area contributed by atoms with E-state index in [1.54, 1.807) is 43.2 Å². The van der Waals surface area contributed by atoms with Crippen LogP contribution in [-0.4, -0.2) is 31.5 Å². The van der Waals surface area contributed by atoms with E-state index in [2.05, 4.69) is 10.6 Å². The zero-order valence-corrected chi connectivity index (χ0v) is 17.1. The SMILES string of the molecule is COc1cc(N[C@@H](C)C(=O)Nc2cccc(Cl)c2Cl)ccc1N1CCCC1=O. The van der Waals surface area contributed by atoms with E-state index in [0.717, 1.165) is 12.1 Å². The minimum atomic E-state index is -0.543. The average molecular weight is 422 g/mol. The number of carbonyl (C=O) groups is 2. The molecule has 1 saturated heterocycles. The van der Waals surface area contributed by atoms with Crippen LogP contribution in [0.25, 0.3) is 0 Å². The average Bonchev–Trinajstić information content (AvgIpc) is 3.11. The molecule has 0 aromatic heterocycles. The Morgan fingerprint density at radius 2 is 2.04 bits per heavy atom. The largest absolute Gasteiger partial charge is 0.494 e. The van der Waals surface area contributed by atoms with Gasteiger partial charge in [-0.3, -0.25) is 9.59 Å². The Kier molecular flexibility index (Phi) is 6.31. The third-order valence-corrected chi connectivity index (χ3v) is 5.35. The summed E-state index contributed by atoms with van der Waals surface area (Å²) in [6.45, 7) is 2.42. The van der Waals surface area contributed by atoms with E-state index in [1.807, 2.05) is 12.1 Å². The number of hydrogen-bond acceptors (Lipinski definition) is 4. The van der Waals surface area contributed by atoms with Crippen molar-refractivity contribution in [3.8, 4) is 5.75 Å². The number of anilines is 3. The monoisotopic (exact) mass is 421 g/mol. The van der Waals surface area contributed by atoms with Gasteiger partial charge in [-0.15, -0.1) is 0 Å². The molecule has 1 aliphatic rings. The number of carbonyl (C=O) groups excluding carboxylic acids is 2. The van der Waals surface area contributed by atoms with Gasteiger partial charge in [-0.2, -0.15) is 0 Å². The molecule has 2 aromatic rings. The molecule has 2 N–H and O–H groups in total. The quantitative estimate of drug-likeness (QED) is 0.716. The molecule has 0 saturated carbocycles. The lowest BCUT2D eigenvalue weighted by atomic mass is 10.2. The van der Waals surface area contributed by atoms with E-state index in [1.165, 1.54) is 0 Å². The standard InChI is InChI=1S/C20H21Cl2N3O3/c1-12(20(27)24-15-6-3-5-14(21)19(15)22)23-13-8-9-16(17(11-13)28-2)25-10-4-7-18(25)26/h3,5-6,8-9,11-12,23H,4,7,10H2,1-2H3,(H,24,27)/t12-/m0/s1. The third kappa shape index (κ3) is 4.34. The molecule has 0 bridgehead atoms. The molecule has 1 aliphatic heterocycles. The zero-order valence-electron chi connectivity index (χ0n) is 15.6. The molecular weight excluding hydrogens is 401 g/mol. The van der Waals surface area contributed by atoms with Crippen molar-refractivity contribution in [1.29, 1.82) is 0 Å². The van der Waals surface area contributed by atoms with Gasteiger partial charge in [0.25, 0.3) is 0 Å². The molecular formula is C20H21Cl2N3O3. The van der Waals surface area contributed by atoms with Crippen molar-refractivity contribution in [2.45, 2.75) is 25.8 Å². The van der Waals surface area contributed by atoms with Gasteiger partial charge in [0.2, 0.25) is 11.8 Å². The summed E-state index contributed by atoms with van der Waals surface area (Å²) >= 11 is 12.1. The zero-order chi connectivity index (χ0) is 20.3. The fourth-order valence-corrected chi connectivity index (χ4v) is 3.40. The molecule has 0 unspecified atom stereocenters. The Hall–Kier alpha value is -2.44. The van der Waals surface area contributed by atoms with Crippen LogP contribution in [0.15, 0.2) is 36.4 Å². The Morgan fingerprint density at radius 3 is 2.71 bits per heavy atom. The summed E-state index contributed by atoms with van der Waals surface area (Å²) in [5.74, 6) is 0.401. The molecule has 6 nitrogen and oxygen atoms in total. The number of halogens is 2. The van der Waals surface area contributed by atoms with Crippen molar-refractivity contribution in [2.24, 2.45) is 0 Å². The molecule has 148 valence electrons. The molecule has 28 heavy (non-hydrogen) atoms. The summed E-state index contributed by atoms with van der Waals surface area (Å²) in [5.41, 5.74) is 1.89. The third-order valence-electron chi connectivity index (χ3n) is 4.53. The second-order valence-electron chi connectivity index (χ2n) is 6.49. The molecule has 8 heteroatoms. The van der Waals surface area contributed by atoms with Gasteiger partial charge >= 0.3 is 0 Å². The molecule has 1 atom stereocenters. The van der Waals surface area contributed by atoms with Crippen molar-refractivity contribution in [2.75, 3.05) is 29.2 Å². The number of methoxy groups -OCH3 is 1. The predicted molar refractivity (Wildman–Crippen MR) is 113 cm³/mol. The van der Waals surface area contributed by atoms with Gasteiger partial charge in [-0.05, 0) is 37.6 Å². The first-order valence-electron chi connectivity index (χ1n) is 8.90. The lowest BCUT2D eigenvalue weighted by molar-refractivity contribution is -0.117. The first-order chi connectivity index (χ1) is 13.4. The van der Waals surface area contributed by atoms with E-state index in [9.17, 15) is 9.59 Å². The maximum Gasteiger partial charge on any atom is 0.246 e. The fourth-order valence-electron chi connectivity index (χ4n) is 3.05. The summed E-state index contributed by atoms with van der Waals surface area (Å²) < 4.78 is 5.45. The summed E-state index contributed by atoms with van der Waals surface area (Å²) in [4.78, 5) is 26.2. The summed E-state index contributed by atoms with van der Waals surface area (Å²) in [6.07, 6.45) is 1.39. The van der Waals surface area contributed by atoms with Gasteiger partial charge in [0, 0.05) is 24.7 Å². The van der Waals surface area contributed by atoms with Crippen LogP contribution in [0.1, 0.15) is 19.8 Å². The van der Waals surface area contributed by atoms with Crippen molar-refractivity contribution in [3.63, 3.8) is 0 Å². The number of ether oxygens (including phenoxy) is 1. The van der Waals surface area contributed by atoms with Crippen LogP contribution in [0.4, 0.5) is 17.1 Å². The summed E-state index contributed by atoms with van der Waals surface area (Å²) in [7, 11) is 1.56. The highest BCUT2D eigenvalue weighted by Gasteiger charge is 2.25. The summed E-state index contributed by atoms with van der Waals surface area (Å²) in [6, 6.07) is 9.92. The van der Waals surface area contributed by atoms with Gasteiger partial charge in [0.15, 0.2) is 0 Å². The molecule has 2 amide bonds.